The fourth-order valence-electron chi connectivity index (χ4n) is 1.30. The topological polar surface area (TPSA) is 38.9 Å². The molecule has 0 aliphatic carbocycles. The molecule has 1 fully saturated rings. The SMILES string of the molecule is c1nnc(C2CCSCC2)o1. The van der Waals surface area contributed by atoms with Crippen LogP contribution in [0.25, 0.3) is 0 Å². The third-order valence-electron chi connectivity index (χ3n) is 1.95. The Morgan fingerprint density at radius 2 is 2.27 bits per heavy atom. The molecule has 0 spiro atoms. The zero-order valence-electron chi connectivity index (χ0n) is 6.19. The molecule has 2 heterocycles. The van der Waals surface area contributed by atoms with E-state index in [1.165, 1.54) is 30.7 Å². The van der Waals surface area contributed by atoms with Crippen molar-refractivity contribution in [1.29, 1.82) is 0 Å². The molecule has 60 valence electrons. The van der Waals surface area contributed by atoms with Crippen molar-refractivity contribution in [2.24, 2.45) is 0 Å². The fourth-order valence-corrected chi connectivity index (χ4v) is 2.41. The second-order valence-electron chi connectivity index (χ2n) is 2.66. The smallest absolute Gasteiger partial charge is 0.219 e. The Bertz CT molecular complexity index is 206. The molecule has 1 aliphatic rings. The van der Waals surface area contributed by atoms with Gasteiger partial charge in [-0.15, -0.1) is 10.2 Å². The standard InChI is InChI=1S/C7H10N2OS/c1-3-11-4-2-6(1)7-9-8-5-10-7/h5-6H,1-4H2. The van der Waals surface area contributed by atoms with Crippen molar-refractivity contribution in [3.05, 3.63) is 12.3 Å². The van der Waals surface area contributed by atoms with Crippen molar-refractivity contribution >= 4 is 11.8 Å². The average Bonchev–Trinajstić information content (AvgIpc) is 2.58. The van der Waals surface area contributed by atoms with E-state index >= 15 is 0 Å². The second-order valence-corrected chi connectivity index (χ2v) is 3.89. The van der Waals surface area contributed by atoms with Gasteiger partial charge in [-0.2, -0.15) is 11.8 Å². The Hall–Kier alpha value is -0.510. The van der Waals surface area contributed by atoms with E-state index in [-0.39, 0.29) is 0 Å². The summed E-state index contributed by atoms with van der Waals surface area (Å²) in [6.45, 7) is 0. The van der Waals surface area contributed by atoms with Gasteiger partial charge in [0.15, 0.2) is 0 Å². The van der Waals surface area contributed by atoms with Crippen LogP contribution in [0.3, 0.4) is 0 Å². The highest BCUT2D eigenvalue weighted by Gasteiger charge is 2.19. The highest BCUT2D eigenvalue weighted by atomic mass is 32.2. The molecule has 0 unspecified atom stereocenters. The van der Waals surface area contributed by atoms with Crippen molar-refractivity contribution in [2.75, 3.05) is 11.5 Å². The summed E-state index contributed by atoms with van der Waals surface area (Å²) in [6, 6.07) is 0. The summed E-state index contributed by atoms with van der Waals surface area (Å²) in [6.07, 6.45) is 3.79. The van der Waals surface area contributed by atoms with Gasteiger partial charge in [0.1, 0.15) is 0 Å². The van der Waals surface area contributed by atoms with E-state index in [2.05, 4.69) is 10.2 Å². The Morgan fingerprint density at radius 3 is 2.91 bits per heavy atom. The van der Waals surface area contributed by atoms with Gasteiger partial charge in [0.05, 0.1) is 0 Å². The zero-order chi connectivity index (χ0) is 7.52. The van der Waals surface area contributed by atoms with Gasteiger partial charge < -0.3 is 4.42 Å². The van der Waals surface area contributed by atoms with Crippen LogP contribution in [-0.2, 0) is 0 Å². The van der Waals surface area contributed by atoms with Crippen LogP contribution >= 0.6 is 11.8 Å². The van der Waals surface area contributed by atoms with Crippen molar-refractivity contribution in [1.82, 2.24) is 10.2 Å². The maximum Gasteiger partial charge on any atom is 0.219 e. The van der Waals surface area contributed by atoms with Crippen LogP contribution in [-0.4, -0.2) is 21.7 Å². The first kappa shape index (κ1) is 7.16. The molecule has 1 aliphatic heterocycles. The van der Waals surface area contributed by atoms with Gasteiger partial charge >= 0.3 is 0 Å². The predicted octanol–water partition coefficient (Wildman–Crippen LogP) is 1.68. The molecule has 4 heteroatoms. The minimum atomic E-state index is 0.527. The van der Waals surface area contributed by atoms with Crippen molar-refractivity contribution in [3.63, 3.8) is 0 Å². The molecule has 0 saturated carbocycles. The number of nitrogens with zero attached hydrogens (tertiary/aromatic N) is 2. The van der Waals surface area contributed by atoms with Gasteiger partial charge in [-0.1, -0.05) is 0 Å². The van der Waals surface area contributed by atoms with Gasteiger partial charge in [0.25, 0.3) is 0 Å². The van der Waals surface area contributed by atoms with E-state index in [0.29, 0.717) is 5.92 Å². The Balaban J connectivity index is 2.04. The number of rotatable bonds is 1. The Kier molecular flexibility index (Phi) is 2.12. The molecule has 1 aromatic rings. The van der Waals surface area contributed by atoms with Crippen molar-refractivity contribution in [3.8, 4) is 0 Å². The highest BCUT2D eigenvalue weighted by molar-refractivity contribution is 7.99. The third-order valence-corrected chi connectivity index (χ3v) is 3.00. The molecule has 11 heavy (non-hydrogen) atoms. The van der Waals surface area contributed by atoms with E-state index in [4.69, 9.17) is 4.42 Å². The molecular formula is C7H10N2OS. The molecular weight excluding hydrogens is 160 g/mol. The number of hydrogen-bond donors (Lipinski definition) is 0. The molecule has 1 saturated heterocycles. The van der Waals surface area contributed by atoms with Gasteiger partial charge in [0, 0.05) is 5.92 Å². The minimum Gasteiger partial charge on any atom is -0.428 e. The van der Waals surface area contributed by atoms with Crippen molar-refractivity contribution < 1.29 is 4.42 Å². The van der Waals surface area contributed by atoms with E-state index in [1.54, 1.807) is 0 Å². The van der Waals surface area contributed by atoms with Crippen LogP contribution in [0.4, 0.5) is 0 Å². The van der Waals surface area contributed by atoms with E-state index < -0.39 is 0 Å². The summed E-state index contributed by atoms with van der Waals surface area (Å²) < 4.78 is 5.14. The Morgan fingerprint density at radius 1 is 1.45 bits per heavy atom. The molecule has 0 radical (unpaired) electrons. The summed E-state index contributed by atoms with van der Waals surface area (Å²) in [5.41, 5.74) is 0. The molecule has 0 aromatic carbocycles. The zero-order valence-corrected chi connectivity index (χ0v) is 7.01. The summed E-state index contributed by atoms with van der Waals surface area (Å²) in [4.78, 5) is 0. The first-order valence-corrected chi connectivity index (χ1v) is 4.96. The van der Waals surface area contributed by atoms with Crippen LogP contribution in [0.15, 0.2) is 10.8 Å². The lowest BCUT2D eigenvalue weighted by Crippen LogP contribution is -2.07. The van der Waals surface area contributed by atoms with Crippen LogP contribution in [0, 0.1) is 0 Å². The quantitative estimate of drug-likeness (QED) is 0.642. The summed E-state index contributed by atoms with van der Waals surface area (Å²) in [5.74, 6) is 3.81. The first-order chi connectivity index (χ1) is 5.47. The molecule has 0 N–H and O–H groups in total. The summed E-state index contributed by atoms with van der Waals surface area (Å²) in [5, 5.41) is 7.59. The van der Waals surface area contributed by atoms with Crippen LogP contribution < -0.4 is 0 Å². The van der Waals surface area contributed by atoms with Gasteiger partial charge in [-0.25, -0.2) is 0 Å². The predicted molar refractivity (Wildman–Crippen MR) is 43.6 cm³/mol. The molecule has 1 aromatic heterocycles. The molecule has 0 amide bonds. The molecule has 0 bridgehead atoms. The third kappa shape index (κ3) is 1.56. The van der Waals surface area contributed by atoms with Crippen LogP contribution in [0.2, 0.25) is 0 Å². The number of thioether (sulfide) groups is 1. The molecule has 0 atom stereocenters. The summed E-state index contributed by atoms with van der Waals surface area (Å²) in [7, 11) is 0. The first-order valence-electron chi connectivity index (χ1n) is 3.80. The van der Waals surface area contributed by atoms with Crippen LogP contribution in [0.5, 0.6) is 0 Å². The molecule has 3 nitrogen and oxygen atoms in total. The van der Waals surface area contributed by atoms with Gasteiger partial charge in [-0.3, -0.25) is 0 Å². The lowest BCUT2D eigenvalue weighted by atomic mass is 10.0. The summed E-state index contributed by atoms with van der Waals surface area (Å²) >= 11 is 2.01. The average molecular weight is 170 g/mol. The van der Waals surface area contributed by atoms with Gasteiger partial charge in [-0.05, 0) is 24.3 Å². The van der Waals surface area contributed by atoms with E-state index in [1.807, 2.05) is 11.8 Å². The minimum absolute atomic E-state index is 0.527. The lowest BCUT2D eigenvalue weighted by Gasteiger charge is -2.16. The van der Waals surface area contributed by atoms with Crippen molar-refractivity contribution in [2.45, 2.75) is 18.8 Å². The second kappa shape index (κ2) is 3.26. The number of aromatic nitrogens is 2. The normalized spacial score (nSPS) is 20.4. The fraction of sp³-hybridized carbons (Fsp3) is 0.714. The number of hydrogen-bond acceptors (Lipinski definition) is 4. The molecule has 2 rings (SSSR count). The van der Waals surface area contributed by atoms with E-state index in [9.17, 15) is 0 Å². The van der Waals surface area contributed by atoms with Crippen LogP contribution in [0.1, 0.15) is 24.7 Å². The lowest BCUT2D eigenvalue weighted by molar-refractivity contribution is 0.430. The maximum atomic E-state index is 5.14. The Labute approximate surface area is 69.6 Å². The highest BCUT2D eigenvalue weighted by Crippen LogP contribution is 2.29. The van der Waals surface area contributed by atoms with Gasteiger partial charge in [0.2, 0.25) is 12.3 Å². The monoisotopic (exact) mass is 170 g/mol. The largest absolute Gasteiger partial charge is 0.428 e. The van der Waals surface area contributed by atoms with E-state index in [0.717, 1.165) is 5.89 Å². The maximum absolute atomic E-state index is 5.14.